The molecular formula is C12H12ClNO4. The zero-order valence-corrected chi connectivity index (χ0v) is 10.2. The van der Waals surface area contributed by atoms with Crippen LogP contribution < -0.4 is 0 Å². The van der Waals surface area contributed by atoms with E-state index in [4.69, 9.17) is 16.7 Å². The lowest BCUT2D eigenvalue weighted by molar-refractivity contribution is -0.141. The van der Waals surface area contributed by atoms with Gasteiger partial charge in [-0.3, -0.25) is 4.79 Å². The van der Waals surface area contributed by atoms with Crippen LogP contribution in [0.5, 0.6) is 5.75 Å². The highest BCUT2D eigenvalue weighted by atomic mass is 35.5. The van der Waals surface area contributed by atoms with Gasteiger partial charge in [-0.05, 0) is 31.0 Å². The number of hydrogen-bond acceptors (Lipinski definition) is 3. The normalized spacial score (nSPS) is 18.9. The number of aromatic hydroxyl groups is 1. The van der Waals surface area contributed by atoms with E-state index in [0.29, 0.717) is 24.4 Å². The molecule has 5 nitrogen and oxygen atoms in total. The molecule has 0 bridgehead atoms. The maximum absolute atomic E-state index is 12.2. The SMILES string of the molecule is O=C(O)[C@@H]1CCCN1C(=O)c1cc(Cl)ccc1O. The van der Waals surface area contributed by atoms with E-state index in [1.54, 1.807) is 0 Å². The van der Waals surface area contributed by atoms with Crippen LogP contribution in [0, 0.1) is 0 Å². The van der Waals surface area contributed by atoms with Crippen molar-refractivity contribution in [3.63, 3.8) is 0 Å². The summed E-state index contributed by atoms with van der Waals surface area (Å²) in [6.07, 6.45) is 1.08. The number of phenols is 1. The van der Waals surface area contributed by atoms with Gasteiger partial charge in [-0.2, -0.15) is 0 Å². The molecule has 1 amide bonds. The number of phenolic OH excluding ortho intramolecular Hbond substituents is 1. The van der Waals surface area contributed by atoms with Crippen LogP contribution in [0.4, 0.5) is 0 Å². The third-order valence-electron chi connectivity index (χ3n) is 2.99. The lowest BCUT2D eigenvalue weighted by Crippen LogP contribution is -2.40. The smallest absolute Gasteiger partial charge is 0.326 e. The van der Waals surface area contributed by atoms with Crippen molar-refractivity contribution in [3.05, 3.63) is 28.8 Å². The summed E-state index contributed by atoms with van der Waals surface area (Å²) in [7, 11) is 0. The predicted octanol–water partition coefficient (Wildman–Crippen LogP) is 1.73. The summed E-state index contributed by atoms with van der Waals surface area (Å²) in [6, 6.07) is 3.31. The number of halogens is 1. The van der Waals surface area contributed by atoms with E-state index >= 15 is 0 Å². The minimum atomic E-state index is -1.03. The lowest BCUT2D eigenvalue weighted by atomic mass is 10.1. The molecule has 0 spiro atoms. The Morgan fingerprint density at radius 3 is 2.78 bits per heavy atom. The molecule has 1 heterocycles. The number of benzene rings is 1. The fourth-order valence-electron chi connectivity index (χ4n) is 2.10. The quantitative estimate of drug-likeness (QED) is 0.857. The average Bonchev–Trinajstić information content (AvgIpc) is 2.80. The second-order valence-electron chi connectivity index (χ2n) is 4.16. The van der Waals surface area contributed by atoms with E-state index in [2.05, 4.69) is 0 Å². The van der Waals surface area contributed by atoms with Crippen molar-refractivity contribution in [2.24, 2.45) is 0 Å². The second-order valence-corrected chi connectivity index (χ2v) is 4.59. The van der Waals surface area contributed by atoms with Crippen molar-refractivity contribution in [1.29, 1.82) is 0 Å². The Bertz CT molecular complexity index is 503. The van der Waals surface area contributed by atoms with Crippen molar-refractivity contribution in [1.82, 2.24) is 4.90 Å². The summed E-state index contributed by atoms with van der Waals surface area (Å²) in [5.74, 6) is -1.72. The Labute approximate surface area is 109 Å². The number of carbonyl (C=O) groups excluding carboxylic acids is 1. The maximum Gasteiger partial charge on any atom is 0.326 e. The Morgan fingerprint density at radius 2 is 2.11 bits per heavy atom. The van der Waals surface area contributed by atoms with Crippen LogP contribution in [-0.4, -0.2) is 39.6 Å². The van der Waals surface area contributed by atoms with Gasteiger partial charge in [-0.1, -0.05) is 11.6 Å². The van der Waals surface area contributed by atoms with Gasteiger partial charge in [0.25, 0.3) is 5.91 Å². The van der Waals surface area contributed by atoms with Crippen LogP contribution in [0.3, 0.4) is 0 Å². The molecule has 1 atom stereocenters. The van der Waals surface area contributed by atoms with Crippen LogP contribution in [0.2, 0.25) is 5.02 Å². The molecule has 1 saturated heterocycles. The van der Waals surface area contributed by atoms with E-state index in [1.807, 2.05) is 0 Å². The molecule has 1 fully saturated rings. The molecule has 96 valence electrons. The van der Waals surface area contributed by atoms with Crippen molar-refractivity contribution in [2.45, 2.75) is 18.9 Å². The number of amides is 1. The first-order valence-corrected chi connectivity index (χ1v) is 5.91. The van der Waals surface area contributed by atoms with Gasteiger partial charge in [0.05, 0.1) is 5.56 Å². The van der Waals surface area contributed by atoms with Crippen LogP contribution in [0.25, 0.3) is 0 Å². The van der Waals surface area contributed by atoms with E-state index in [0.717, 1.165) is 0 Å². The number of nitrogens with zero attached hydrogens (tertiary/aromatic N) is 1. The van der Waals surface area contributed by atoms with Gasteiger partial charge in [-0.15, -0.1) is 0 Å². The highest BCUT2D eigenvalue weighted by Gasteiger charge is 2.35. The molecule has 0 unspecified atom stereocenters. The average molecular weight is 270 g/mol. The zero-order chi connectivity index (χ0) is 13.3. The number of likely N-dealkylation sites (tertiary alicyclic amines) is 1. The van der Waals surface area contributed by atoms with Gasteiger partial charge < -0.3 is 15.1 Å². The topological polar surface area (TPSA) is 77.8 Å². The number of aliphatic carboxylic acids is 1. The third-order valence-corrected chi connectivity index (χ3v) is 3.22. The fraction of sp³-hybridized carbons (Fsp3) is 0.333. The molecule has 0 aliphatic carbocycles. The van der Waals surface area contributed by atoms with Crippen LogP contribution in [-0.2, 0) is 4.79 Å². The highest BCUT2D eigenvalue weighted by molar-refractivity contribution is 6.31. The van der Waals surface area contributed by atoms with Gasteiger partial charge in [-0.25, -0.2) is 4.79 Å². The summed E-state index contributed by atoms with van der Waals surface area (Å²) in [5.41, 5.74) is 0.0376. The molecule has 0 radical (unpaired) electrons. The second kappa shape index (κ2) is 4.86. The number of hydrogen-bond donors (Lipinski definition) is 2. The summed E-state index contributed by atoms with van der Waals surface area (Å²) in [5, 5.41) is 19.0. The summed E-state index contributed by atoms with van der Waals surface area (Å²) in [6.45, 7) is 0.377. The van der Waals surface area contributed by atoms with Crippen molar-refractivity contribution >= 4 is 23.5 Å². The first-order chi connectivity index (χ1) is 8.50. The van der Waals surface area contributed by atoms with Crippen LogP contribution in [0.1, 0.15) is 23.2 Å². The fourth-order valence-corrected chi connectivity index (χ4v) is 2.27. The first-order valence-electron chi connectivity index (χ1n) is 5.53. The minimum Gasteiger partial charge on any atom is -0.507 e. The Hall–Kier alpha value is -1.75. The molecule has 0 saturated carbocycles. The van der Waals surface area contributed by atoms with Gasteiger partial charge in [0.1, 0.15) is 11.8 Å². The van der Waals surface area contributed by atoms with Gasteiger partial charge >= 0.3 is 5.97 Å². The van der Waals surface area contributed by atoms with E-state index in [9.17, 15) is 14.7 Å². The molecule has 1 aliphatic heterocycles. The minimum absolute atomic E-state index is 0.0376. The molecule has 6 heteroatoms. The first kappa shape index (κ1) is 12.7. The van der Waals surface area contributed by atoms with E-state index in [-0.39, 0.29) is 11.3 Å². The van der Waals surface area contributed by atoms with Crippen molar-refractivity contribution in [3.8, 4) is 5.75 Å². The Kier molecular flexibility index (Phi) is 3.43. The predicted molar refractivity (Wildman–Crippen MR) is 64.8 cm³/mol. The Balaban J connectivity index is 2.31. The van der Waals surface area contributed by atoms with Crippen LogP contribution in [0.15, 0.2) is 18.2 Å². The molecule has 2 N–H and O–H groups in total. The third kappa shape index (κ3) is 2.26. The highest BCUT2D eigenvalue weighted by Crippen LogP contribution is 2.26. The molecule has 1 aromatic rings. The van der Waals surface area contributed by atoms with E-state index < -0.39 is 17.9 Å². The van der Waals surface area contributed by atoms with Crippen LogP contribution >= 0.6 is 11.6 Å². The standard InChI is InChI=1S/C12H12ClNO4/c13-7-3-4-10(15)8(6-7)11(16)14-5-1-2-9(14)12(17)18/h3-4,6,9,15H,1-2,5H2,(H,17,18)/t9-/m0/s1. The number of carbonyl (C=O) groups is 2. The van der Waals surface area contributed by atoms with Gasteiger partial charge in [0, 0.05) is 11.6 Å². The van der Waals surface area contributed by atoms with Crippen molar-refractivity contribution < 1.29 is 19.8 Å². The number of carboxylic acids is 1. The molecular weight excluding hydrogens is 258 g/mol. The molecule has 1 aromatic carbocycles. The zero-order valence-electron chi connectivity index (χ0n) is 9.47. The number of carboxylic acid groups (broad SMARTS) is 1. The van der Waals surface area contributed by atoms with Gasteiger partial charge in [0.15, 0.2) is 0 Å². The number of rotatable bonds is 2. The summed E-state index contributed by atoms with van der Waals surface area (Å²) in [4.78, 5) is 24.5. The largest absolute Gasteiger partial charge is 0.507 e. The molecule has 0 aromatic heterocycles. The Morgan fingerprint density at radius 1 is 1.39 bits per heavy atom. The van der Waals surface area contributed by atoms with Crippen molar-refractivity contribution in [2.75, 3.05) is 6.54 Å². The summed E-state index contributed by atoms with van der Waals surface area (Å²) < 4.78 is 0. The molecule has 2 rings (SSSR count). The van der Waals surface area contributed by atoms with E-state index in [1.165, 1.54) is 23.1 Å². The lowest BCUT2D eigenvalue weighted by Gasteiger charge is -2.21. The van der Waals surface area contributed by atoms with Gasteiger partial charge in [0.2, 0.25) is 0 Å². The summed E-state index contributed by atoms with van der Waals surface area (Å²) >= 11 is 5.77. The maximum atomic E-state index is 12.2. The monoisotopic (exact) mass is 269 g/mol. The molecule has 1 aliphatic rings. The molecule has 18 heavy (non-hydrogen) atoms.